The number of rotatable bonds is 4. The maximum absolute atomic E-state index is 13.9. The molecular formula is C17H18FN3O3. The summed E-state index contributed by atoms with van der Waals surface area (Å²) < 4.78 is 18.9. The highest BCUT2D eigenvalue weighted by molar-refractivity contribution is 6.00. The van der Waals surface area contributed by atoms with Gasteiger partial charge in [-0.15, -0.1) is 0 Å². The molecule has 0 spiro atoms. The van der Waals surface area contributed by atoms with Crippen LogP contribution in [0.3, 0.4) is 0 Å². The lowest BCUT2D eigenvalue weighted by Crippen LogP contribution is -2.34. The summed E-state index contributed by atoms with van der Waals surface area (Å²) in [5.41, 5.74) is 0.867. The highest BCUT2D eigenvalue weighted by Crippen LogP contribution is 2.28. The normalized spacial score (nSPS) is 17.4. The van der Waals surface area contributed by atoms with Crippen molar-refractivity contribution in [1.82, 2.24) is 10.1 Å². The molecule has 2 amide bonds. The molecule has 2 heterocycles. The molecule has 2 aromatic rings. The first-order chi connectivity index (χ1) is 11.5. The lowest BCUT2D eigenvalue weighted by atomic mass is 10.1. The van der Waals surface area contributed by atoms with Crippen molar-refractivity contribution in [3.63, 3.8) is 0 Å². The third-order valence-electron chi connectivity index (χ3n) is 4.07. The van der Waals surface area contributed by atoms with Crippen LogP contribution >= 0.6 is 0 Å². The van der Waals surface area contributed by atoms with Gasteiger partial charge in [-0.1, -0.05) is 17.3 Å². The van der Waals surface area contributed by atoms with Gasteiger partial charge < -0.3 is 14.3 Å². The zero-order chi connectivity index (χ0) is 17.3. The number of para-hydroxylation sites is 1. The van der Waals surface area contributed by atoms with Gasteiger partial charge in [-0.05, 0) is 19.1 Å². The first kappa shape index (κ1) is 16.2. The van der Waals surface area contributed by atoms with E-state index in [1.807, 2.05) is 0 Å². The van der Waals surface area contributed by atoms with E-state index in [-0.39, 0.29) is 30.5 Å². The van der Waals surface area contributed by atoms with Crippen molar-refractivity contribution >= 4 is 17.5 Å². The van der Waals surface area contributed by atoms with Crippen LogP contribution in [0.25, 0.3) is 0 Å². The van der Waals surface area contributed by atoms with Gasteiger partial charge >= 0.3 is 0 Å². The maximum atomic E-state index is 13.9. The van der Waals surface area contributed by atoms with Gasteiger partial charge in [0.05, 0.1) is 18.2 Å². The molecule has 1 atom stereocenters. The summed E-state index contributed by atoms with van der Waals surface area (Å²) in [6, 6.07) is 7.84. The molecule has 0 radical (unpaired) electrons. The van der Waals surface area contributed by atoms with E-state index in [0.717, 1.165) is 0 Å². The molecule has 0 unspecified atom stereocenters. The maximum Gasteiger partial charge on any atom is 0.228 e. The topological polar surface area (TPSA) is 66.7 Å². The molecule has 3 rings (SSSR count). The minimum absolute atomic E-state index is 0.0787. The second-order valence-corrected chi connectivity index (χ2v) is 5.98. The van der Waals surface area contributed by atoms with Crippen LogP contribution in [0.5, 0.6) is 0 Å². The Labute approximate surface area is 138 Å². The fourth-order valence-electron chi connectivity index (χ4n) is 2.90. The number of nitrogens with zero attached hydrogens (tertiary/aromatic N) is 3. The van der Waals surface area contributed by atoms with Crippen LogP contribution in [0, 0.1) is 18.7 Å². The first-order valence-corrected chi connectivity index (χ1v) is 7.68. The van der Waals surface area contributed by atoms with Crippen molar-refractivity contribution in [2.45, 2.75) is 19.9 Å². The Balaban J connectivity index is 1.68. The highest BCUT2D eigenvalue weighted by Gasteiger charge is 2.37. The van der Waals surface area contributed by atoms with Crippen LogP contribution in [-0.4, -0.2) is 35.5 Å². The number of halogens is 1. The van der Waals surface area contributed by atoms with E-state index in [4.69, 9.17) is 4.52 Å². The van der Waals surface area contributed by atoms with Crippen molar-refractivity contribution in [2.75, 3.05) is 18.5 Å². The fraction of sp³-hybridized carbons (Fsp3) is 0.353. The Kier molecular flexibility index (Phi) is 4.33. The molecule has 6 nitrogen and oxygen atoms in total. The van der Waals surface area contributed by atoms with Gasteiger partial charge in [-0.25, -0.2) is 4.39 Å². The Bertz CT molecular complexity index is 774. The number of hydrogen-bond donors (Lipinski definition) is 0. The molecule has 7 heteroatoms. The van der Waals surface area contributed by atoms with Gasteiger partial charge in [0.15, 0.2) is 0 Å². The summed E-state index contributed by atoms with van der Waals surface area (Å²) in [5.74, 6) is -0.694. The molecular weight excluding hydrogens is 313 g/mol. The molecule has 1 aliphatic rings. The van der Waals surface area contributed by atoms with Crippen LogP contribution in [-0.2, 0) is 16.1 Å². The molecule has 126 valence electrons. The molecule has 0 aliphatic carbocycles. The lowest BCUT2D eigenvalue weighted by molar-refractivity contribution is -0.135. The van der Waals surface area contributed by atoms with E-state index < -0.39 is 11.7 Å². The summed E-state index contributed by atoms with van der Waals surface area (Å²) in [5, 5.41) is 3.86. The standard InChI is InChI=1S/C17H18FN3O3/c1-11-7-13(19-24-11)10-20(2)17(23)12-8-16(22)21(9-12)15-6-4-3-5-14(15)18/h3-7,12H,8-10H2,1-2H3/t12-/m0/s1. The van der Waals surface area contributed by atoms with Crippen molar-refractivity contribution in [3.8, 4) is 0 Å². The average molecular weight is 331 g/mol. The Morgan fingerprint density at radius 2 is 2.21 bits per heavy atom. The van der Waals surface area contributed by atoms with Gasteiger partial charge in [-0.2, -0.15) is 0 Å². The van der Waals surface area contributed by atoms with Crippen LogP contribution in [0.1, 0.15) is 17.9 Å². The molecule has 1 aliphatic heterocycles. The zero-order valence-corrected chi connectivity index (χ0v) is 13.5. The van der Waals surface area contributed by atoms with Crippen LogP contribution < -0.4 is 4.90 Å². The monoisotopic (exact) mass is 331 g/mol. The smallest absolute Gasteiger partial charge is 0.228 e. The van der Waals surface area contributed by atoms with Crippen molar-refractivity contribution in [3.05, 3.63) is 47.6 Å². The van der Waals surface area contributed by atoms with E-state index in [1.165, 1.54) is 15.9 Å². The SMILES string of the molecule is Cc1cc(CN(C)C(=O)[C@H]2CC(=O)N(c3ccccc3F)C2)no1. The molecule has 0 N–H and O–H groups in total. The van der Waals surface area contributed by atoms with Crippen molar-refractivity contribution < 1.29 is 18.5 Å². The van der Waals surface area contributed by atoms with E-state index in [9.17, 15) is 14.0 Å². The minimum atomic E-state index is -0.491. The Morgan fingerprint density at radius 3 is 2.88 bits per heavy atom. The summed E-state index contributed by atoms with van der Waals surface area (Å²) >= 11 is 0. The fourth-order valence-corrected chi connectivity index (χ4v) is 2.90. The highest BCUT2D eigenvalue weighted by atomic mass is 19.1. The van der Waals surface area contributed by atoms with Gasteiger partial charge in [0, 0.05) is 26.1 Å². The number of aromatic nitrogens is 1. The van der Waals surface area contributed by atoms with E-state index in [0.29, 0.717) is 18.0 Å². The van der Waals surface area contributed by atoms with Gasteiger partial charge in [0.25, 0.3) is 0 Å². The summed E-state index contributed by atoms with van der Waals surface area (Å²) in [4.78, 5) is 27.6. The van der Waals surface area contributed by atoms with E-state index in [1.54, 1.807) is 38.2 Å². The van der Waals surface area contributed by atoms with Crippen LogP contribution in [0.4, 0.5) is 10.1 Å². The second-order valence-electron chi connectivity index (χ2n) is 5.98. The lowest BCUT2D eigenvalue weighted by Gasteiger charge is -2.20. The third-order valence-corrected chi connectivity index (χ3v) is 4.07. The van der Waals surface area contributed by atoms with E-state index >= 15 is 0 Å². The number of carbonyl (C=O) groups excluding carboxylic acids is 2. The number of anilines is 1. The Hall–Kier alpha value is -2.70. The number of amides is 2. The Morgan fingerprint density at radius 1 is 1.46 bits per heavy atom. The van der Waals surface area contributed by atoms with Gasteiger partial charge in [-0.3, -0.25) is 9.59 Å². The van der Waals surface area contributed by atoms with Crippen molar-refractivity contribution in [2.24, 2.45) is 5.92 Å². The number of aryl methyl sites for hydroxylation is 1. The average Bonchev–Trinajstić information content (AvgIpc) is 3.13. The molecule has 0 bridgehead atoms. The molecule has 24 heavy (non-hydrogen) atoms. The number of carbonyl (C=O) groups is 2. The molecule has 1 aromatic carbocycles. The van der Waals surface area contributed by atoms with E-state index in [2.05, 4.69) is 5.16 Å². The predicted octanol–water partition coefficient (Wildman–Crippen LogP) is 2.13. The molecule has 1 aromatic heterocycles. The zero-order valence-electron chi connectivity index (χ0n) is 13.5. The van der Waals surface area contributed by atoms with Gasteiger partial charge in [0.1, 0.15) is 17.3 Å². The van der Waals surface area contributed by atoms with Gasteiger partial charge in [0.2, 0.25) is 11.8 Å². The summed E-state index contributed by atoms with van der Waals surface area (Å²) in [6.07, 6.45) is 0.0787. The molecule has 1 fully saturated rings. The second kappa shape index (κ2) is 6.43. The third kappa shape index (κ3) is 3.15. The number of benzene rings is 1. The van der Waals surface area contributed by atoms with Crippen LogP contribution in [0.15, 0.2) is 34.9 Å². The first-order valence-electron chi connectivity index (χ1n) is 7.68. The quantitative estimate of drug-likeness (QED) is 0.861. The van der Waals surface area contributed by atoms with Crippen LogP contribution in [0.2, 0.25) is 0 Å². The largest absolute Gasteiger partial charge is 0.361 e. The molecule has 0 saturated carbocycles. The number of hydrogen-bond acceptors (Lipinski definition) is 4. The van der Waals surface area contributed by atoms with Crippen molar-refractivity contribution in [1.29, 1.82) is 0 Å². The summed E-state index contributed by atoms with van der Waals surface area (Å²) in [7, 11) is 1.66. The predicted molar refractivity (Wildman–Crippen MR) is 84.6 cm³/mol. The minimum Gasteiger partial charge on any atom is -0.361 e. The summed E-state index contributed by atoms with van der Waals surface area (Å²) in [6.45, 7) is 2.27. The molecule has 1 saturated heterocycles.